The smallest absolute Gasteiger partial charge is 0.241 e. The summed E-state index contributed by atoms with van der Waals surface area (Å²) in [5, 5.41) is 3.55. The first kappa shape index (κ1) is 13.4. The first-order valence-corrected chi connectivity index (χ1v) is 7.85. The van der Waals surface area contributed by atoms with E-state index in [-0.39, 0.29) is 12.2 Å². The fraction of sp³-hybridized carbons (Fsp3) is 0.933. The molecule has 1 amide bonds. The molecule has 0 aromatic rings. The van der Waals surface area contributed by atoms with Crippen LogP contribution in [0.1, 0.15) is 52.9 Å². The van der Waals surface area contributed by atoms with Gasteiger partial charge >= 0.3 is 0 Å². The Kier molecular flexibility index (Phi) is 3.56. The lowest BCUT2D eigenvalue weighted by Crippen LogP contribution is -2.49. The fourth-order valence-corrected chi connectivity index (χ4v) is 3.94. The molecular weight excluding hydrogens is 240 g/mol. The van der Waals surface area contributed by atoms with Crippen LogP contribution in [0.3, 0.4) is 0 Å². The van der Waals surface area contributed by atoms with Crippen molar-refractivity contribution in [3.05, 3.63) is 0 Å². The second-order valence-electron chi connectivity index (χ2n) is 6.62. The molecule has 0 radical (unpaired) electrons. The summed E-state index contributed by atoms with van der Waals surface area (Å²) in [5.74, 6) is 0.658. The summed E-state index contributed by atoms with van der Waals surface area (Å²) in [6, 6.07) is 0.315. The lowest BCUT2D eigenvalue weighted by Gasteiger charge is -2.33. The summed E-state index contributed by atoms with van der Waals surface area (Å²) in [4.78, 5) is 14.8. The molecule has 0 aromatic heterocycles. The number of carbonyl (C=O) groups is 1. The summed E-state index contributed by atoms with van der Waals surface area (Å²) >= 11 is 0. The topological polar surface area (TPSA) is 41.6 Å². The Hall–Kier alpha value is -0.610. The van der Waals surface area contributed by atoms with Crippen LogP contribution in [0.5, 0.6) is 0 Å². The van der Waals surface area contributed by atoms with Crippen LogP contribution in [0.15, 0.2) is 0 Å². The van der Waals surface area contributed by atoms with E-state index in [9.17, 15) is 4.79 Å². The highest BCUT2D eigenvalue weighted by Crippen LogP contribution is 2.39. The molecule has 2 bridgehead atoms. The number of nitrogens with zero attached hydrogens (tertiary/aromatic N) is 1. The van der Waals surface area contributed by atoms with Crippen molar-refractivity contribution in [1.29, 1.82) is 0 Å². The van der Waals surface area contributed by atoms with Gasteiger partial charge in [0.25, 0.3) is 0 Å². The molecule has 0 aliphatic carbocycles. The van der Waals surface area contributed by atoms with Crippen molar-refractivity contribution < 1.29 is 9.53 Å². The van der Waals surface area contributed by atoms with E-state index in [0.29, 0.717) is 30.1 Å². The van der Waals surface area contributed by atoms with Crippen molar-refractivity contribution in [2.24, 2.45) is 5.92 Å². The van der Waals surface area contributed by atoms with Gasteiger partial charge in [-0.3, -0.25) is 10.1 Å². The molecule has 4 nitrogen and oxygen atoms in total. The van der Waals surface area contributed by atoms with Crippen molar-refractivity contribution in [2.75, 3.05) is 0 Å². The Morgan fingerprint density at radius 3 is 2.74 bits per heavy atom. The van der Waals surface area contributed by atoms with Crippen LogP contribution in [-0.4, -0.2) is 41.3 Å². The van der Waals surface area contributed by atoms with Gasteiger partial charge in [0.15, 0.2) is 0 Å². The quantitative estimate of drug-likeness (QED) is 0.845. The van der Waals surface area contributed by atoms with Crippen LogP contribution in [0.4, 0.5) is 0 Å². The summed E-state index contributed by atoms with van der Waals surface area (Å²) in [6.45, 7) is 6.43. The van der Waals surface area contributed by atoms with E-state index in [2.05, 4.69) is 31.0 Å². The van der Waals surface area contributed by atoms with Crippen molar-refractivity contribution in [2.45, 2.75) is 83.3 Å². The minimum atomic E-state index is -0.00400. The van der Waals surface area contributed by atoms with Gasteiger partial charge in [-0.1, -0.05) is 27.2 Å². The maximum absolute atomic E-state index is 12.7. The number of ether oxygens (including phenoxy) is 1. The molecular formula is C15H26N2O2. The molecule has 3 saturated heterocycles. The molecule has 3 rings (SSSR count). The lowest BCUT2D eigenvalue weighted by molar-refractivity contribution is -0.134. The molecule has 108 valence electrons. The number of fused-ring (bicyclic) bond motifs is 2. The van der Waals surface area contributed by atoms with Crippen LogP contribution in [0, 0.1) is 5.92 Å². The van der Waals surface area contributed by atoms with E-state index < -0.39 is 0 Å². The molecule has 0 saturated carbocycles. The second-order valence-corrected chi connectivity index (χ2v) is 6.62. The van der Waals surface area contributed by atoms with Crippen LogP contribution < -0.4 is 5.32 Å². The van der Waals surface area contributed by atoms with Crippen molar-refractivity contribution >= 4 is 5.91 Å². The molecule has 0 aromatic carbocycles. The van der Waals surface area contributed by atoms with Gasteiger partial charge < -0.3 is 9.64 Å². The van der Waals surface area contributed by atoms with E-state index in [1.54, 1.807) is 0 Å². The van der Waals surface area contributed by atoms with E-state index in [1.807, 2.05) is 0 Å². The number of carbonyl (C=O) groups excluding carboxylic acids is 1. The predicted octanol–water partition coefficient (Wildman–Crippen LogP) is 1.89. The molecule has 3 aliphatic rings. The highest BCUT2D eigenvalue weighted by molar-refractivity contribution is 5.85. The molecule has 0 spiro atoms. The SMILES string of the molecule is CCCC1NC(C(C)C)C(=O)N1C1CC2CCC1O2. The summed E-state index contributed by atoms with van der Waals surface area (Å²) in [7, 11) is 0. The van der Waals surface area contributed by atoms with E-state index in [0.717, 1.165) is 25.7 Å². The Labute approximate surface area is 115 Å². The van der Waals surface area contributed by atoms with Gasteiger partial charge in [0.05, 0.1) is 30.5 Å². The Morgan fingerprint density at radius 1 is 1.42 bits per heavy atom. The molecule has 3 heterocycles. The van der Waals surface area contributed by atoms with Gasteiger partial charge in [-0.25, -0.2) is 0 Å². The highest BCUT2D eigenvalue weighted by Gasteiger charge is 2.51. The number of hydrogen-bond donors (Lipinski definition) is 1. The number of amides is 1. The highest BCUT2D eigenvalue weighted by atomic mass is 16.5. The zero-order chi connectivity index (χ0) is 13.6. The largest absolute Gasteiger partial charge is 0.373 e. The zero-order valence-electron chi connectivity index (χ0n) is 12.3. The van der Waals surface area contributed by atoms with Crippen molar-refractivity contribution in [1.82, 2.24) is 10.2 Å². The zero-order valence-corrected chi connectivity index (χ0v) is 12.3. The maximum atomic E-state index is 12.7. The normalized spacial score (nSPS) is 41.8. The molecule has 5 atom stereocenters. The van der Waals surface area contributed by atoms with Crippen LogP contribution >= 0.6 is 0 Å². The Morgan fingerprint density at radius 2 is 2.21 bits per heavy atom. The average molecular weight is 266 g/mol. The minimum absolute atomic E-state index is 0.00400. The fourth-order valence-electron chi connectivity index (χ4n) is 3.94. The lowest BCUT2D eigenvalue weighted by atomic mass is 9.93. The van der Waals surface area contributed by atoms with E-state index >= 15 is 0 Å². The first-order valence-electron chi connectivity index (χ1n) is 7.85. The third-order valence-corrected chi connectivity index (χ3v) is 4.89. The van der Waals surface area contributed by atoms with E-state index in [4.69, 9.17) is 4.74 Å². The third kappa shape index (κ3) is 2.19. The number of hydrogen-bond acceptors (Lipinski definition) is 3. The molecule has 5 unspecified atom stereocenters. The summed E-state index contributed by atoms with van der Waals surface area (Å²) in [6.07, 6.45) is 6.43. The summed E-state index contributed by atoms with van der Waals surface area (Å²) < 4.78 is 5.95. The van der Waals surface area contributed by atoms with Crippen LogP contribution in [0.25, 0.3) is 0 Å². The van der Waals surface area contributed by atoms with Gasteiger partial charge in [-0.05, 0) is 31.6 Å². The van der Waals surface area contributed by atoms with Gasteiger partial charge in [-0.2, -0.15) is 0 Å². The van der Waals surface area contributed by atoms with Crippen molar-refractivity contribution in [3.8, 4) is 0 Å². The molecule has 3 fully saturated rings. The monoisotopic (exact) mass is 266 g/mol. The van der Waals surface area contributed by atoms with Crippen molar-refractivity contribution in [3.63, 3.8) is 0 Å². The molecule has 4 heteroatoms. The summed E-state index contributed by atoms with van der Waals surface area (Å²) in [5.41, 5.74) is 0. The standard InChI is InChI=1S/C15H26N2O2/c1-4-5-13-16-14(9(2)3)15(18)17(13)11-8-10-6-7-12(11)19-10/h9-14,16H,4-8H2,1-3H3. The third-order valence-electron chi connectivity index (χ3n) is 4.89. The van der Waals surface area contributed by atoms with Crippen LogP contribution in [-0.2, 0) is 9.53 Å². The Bertz CT molecular complexity index is 358. The van der Waals surface area contributed by atoms with Gasteiger partial charge in [0.1, 0.15) is 0 Å². The van der Waals surface area contributed by atoms with E-state index in [1.165, 1.54) is 6.42 Å². The number of rotatable bonds is 4. The Balaban J connectivity index is 1.78. The predicted molar refractivity (Wildman–Crippen MR) is 73.6 cm³/mol. The van der Waals surface area contributed by atoms with Gasteiger partial charge in [-0.15, -0.1) is 0 Å². The first-order chi connectivity index (χ1) is 9.11. The molecule has 1 N–H and O–H groups in total. The van der Waals surface area contributed by atoms with Gasteiger partial charge in [0.2, 0.25) is 5.91 Å². The number of nitrogens with one attached hydrogen (secondary N) is 1. The van der Waals surface area contributed by atoms with Gasteiger partial charge in [0, 0.05) is 0 Å². The minimum Gasteiger partial charge on any atom is -0.373 e. The second kappa shape index (κ2) is 5.06. The molecule has 19 heavy (non-hydrogen) atoms. The van der Waals surface area contributed by atoms with Crippen LogP contribution in [0.2, 0.25) is 0 Å². The average Bonchev–Trinajstić information content (AvgIpc) is 3.03. The maximum Gasteiger partial charge on any atom is 0.241 e. The molecule has 3 aliphatic heterocycles.